The summed E-state index contributed by atoms with van der Waals surface area (Å²) in [5.74, 6) is 0.419. The summed E-state index contributed by atoms with van der Waals surface area (Å²) < 4.78 is 18.7. The molecule has 1 saturated heterocycles. The molecule has 9 nitrogen and oxygen atoms in total. The highest BCUT2D eigenvalue weighted by Gasteiger charge is 2.48. The quantitative estimate of drug-likeness (QED) is 0.0458. The van der Waals surface area contributed by atoms with Crippen LogP contribution in [0.3, 0.4) is 0 Å². The van der Waals surface area contributed by atoms with Gasteiger partial charge in [-0.1, -0.05) is 102 Å². The van der Waals surface area contributed by atoms with Gasteiger partial charge < -0.3 is 19.3 Å². The Hall–Kier alpha value is -5.65. The normalized spacial score (nSPS) is 17.6. The van der Waals surface area contributed by atoms with Crippen LogP contribution in [0, 0.1) is 0 Å². The Labute approximate surface area is 314 Å². The maximum Gasteiger partial charge on any atom is 0.301 e. The zero-order valence-corrected chi connectivity index (χ0v) is 30.7. The molecule has 1 amide bonds. The summed E-state index contributed by atoms with van der Waals surface area (Å²) >= 11 is 2.73. The first-order valence-electron chi connectivity index (χ1n) is 17.3. The van der Waals surface area contributed by atoms with E-state index in [1.165, 1.54) is 28.0 Å². The summed E-state index contributed by atoms with van der Waals surface area (Å²) in [6.45, 7) is 4.53. The third-order valence-electron chi connectivity index (χ3n) is 9.27. The number of aliphatic hydroxyl groups is 1. The van der Waals surface area contributed by atoms with Crippen LogP contribution >= 0.6 is 23.1 Å². The number of hydrogen-bond acceptors (Lipinski definition) is 10. The first-order valence-corrected chi connectivity index (χ1v) is 19.2. The Balaban J connectivity index is 1.17. The Kier molecular flexibility index (Phi) is 9.59. The van der Waals surface area contributed by atoms with Crippen LogP contribution < -0.4 is 19.1 Å². The molecule has 3 heterocycles. The number of ether oxygens (including phenoxy) is 3. The summed E-state index contributed by atoms with van der Waals surface area (Å²) in [4.78, 5) is 29.4. The summed E-state index contributed by atoms with van der Waals surface area (Å²) in [6.07, 6.45) is 0.665. The summed E-state index contributed by atoms with van der Waals surface area (Å²) in [7, 11) is 0. The number of Topliss-reactive ketones (excluding diaryl/α,β-unsaturated/α-hetero) is 1. The lowest BCUT2D eigenvalue weighted by molar-refractivity contribution is -0.132. The monoisotopic (exact) mass is 741 g/mol. The number of thioether (sulfide) groups is 1. The Morgan fingerprint density at radius 2 is 1.74 bits per heavy atom. The zero-order chi connectivity index (χ0) is 36.5. The molecule has 1 aromatic heterocycles. The molecule has 1 N–H and O–H groups in total. The maximum atomic E-state index is 14.0. The van der Waals surface area contributed by atoms with Crippen LogP contribution in [0.2, 0.25) is 0 Å². The van der Waals surface area contributed by atoms with Crippen LogP contribution in [0.15, 0.2) is 119 Å². The number of anilines is 1. The van der Waals surface area contributed by atoms with Crippen LogP contribution in [0.25, 0.3) is 16.5 Å². The van der Waals surface area contributed by atoms with Crippen LogP contribution in [0.1, 0.15) is 47.7 Å². The SMILES string of the molecule is CCOc1cc([C@@H]2/C(=C(\O)c3ccc4c(c3)C[C@H](C)O4)C(=O)C(=O)N2c2nnc(SCc3cccc4ccccc34)s2)ccc1OCc1ccccc1. The number of aromatic nitrogens is 2. The smallest absolute Gasteiger partial charge is 0.301 e. The molecule has 0 radical (unpaired) electrons. The lowest BCUT2D eigenvalue weighted by Crippen LogP contribution is -2.29. The second-order valence-electron chi connectivity index (χ2n) is 12.8. The standard InChI is InChI=1S/C42H35N3O6S2/c1-3-49-35-22-28(16-19-34(35)50-23-26-10-5-4-6-11-26)37-36(38(46)29-17-18-33-31(21-29)20-25(2)51-33)39(47)40(48)45(37)41-43-44-42(53-41)52-24-30-14-9-13-27-12-7-8-15-32(27)30/h4-19,21-22,25,37,46H,3,20,23-24H2,1-2H3/b38-36+/t25-,37+/m0/s1. The Morgan fingerprint density at radius 1 is 0.925 bits per heavy atom. The fraction of sp³-hybridized carbons (Fsp3) is 0.190. The van der Waals surface area contributed by atoms with E-state index in [0.717, 1.165) is 33.2 Å². The van der Waals surface area contributed by atoms with Crippen molar-refractivity contribution in [3.05, 3.63) is 143 Å². The molecule has 2 aliphatic heterocycles. The molecule has 0 aliphatic carbocycles. The van der Waals surface area contributed by atoms with Crippen LogP contribution in [0.5, 0.6) is 17.2 Å². The van der Waals surface area contributed by atoms with Crippen molar-refractivity contribution in [1.82, 2.24) is 10.2 Å². The summed E-state index contributed by atoms with van der Waals surface area (Å²) in [5.41, 5.74) is 3.97. The number of aliphatic hydroxyl groups excluding tert-OH is 1. The van der Waals surface area contributed by atoms with E-state index in [9.17, 15) is 14.7 Å². The van der Waals surface area contributed by atoms with Gasteiger partial charge in [-0.2, -0.15) is 0 Å². The highest BCUT2D eigenvalue weighted by atomic mass is 32.2. The fourth-order valence-corrected chi connectivity index (χ4v) is 8.68. The molecular formula is C42H35N3O6S2. The lowest BCUT2D eigenvalue weighted by atomic mass is 9.94. The summed E-state index contributed by atoms with van der Waals surface area (Å²) in [6, 6.07) is 33.8. The van der Waals surface area contributed by atoms with E-state index >= 15 is 0 Å². The minimum Gasteiger partial charge on any atom is -0.507 e. The average Bonchev–Trinajstić information content (AvgIpc) is 3.88. The van der Waals surface area contributed by atoms with Gasteiger partial charge in [0, 0.05) is 17.7 Å². The third-order valence-corrected chi connectivity index (χ3v) is 11.4. The molecule has 5 aromatic carbocycles. The molecule has 6 aromatic rings. The van der Waals surface area contributed by atoms with E-state index in [-0.39, 0.29) is 22.6 Å². The number of benzene rings is 5. The topological polar surface area (TPSA) is 111 Å². The van der Waals surface area contributed by atoms with Crippen LogP contribution in [-0.2, 0) is 28.4 Å². The number of carbonyl (C=O) groups excluding carboxylic acids is 2. The number of ketones is 1. The van der Waals surface area contributed by atoms with Gasteiger partial charge in [0.2, 0.25) is 5.13 Å². The van der Waals surface area contributed by atoms with E-state index in [0.29, 0.717) is 52.4 Å². The molecule has 0 bridgehead atoms. The highest BCUT2D eigenvalue weighted by molar-refractivity contribution is 8.00. The molecule has 2 atom stereocenters. The van der Waals surface area contributed by atoms with E-state index in [4.69, 9.17) is 14.2 Å². The lowest BCUT2D eigenvalue weighted by Gasteiger charge is -2.24. The van der Waals surface area contributed by atoms with Gasteiger partial charge in [-0.05, 0) is 77.2 Å². The predicted molar refractivity (Wildman–Crippen MR) is 207 cm³/mol. The predicted octanol–water partition coefficient (Wildman–Crippen LogP) is 8.91. The van der Waals surface area contributed by atoms with Crippen LogP contribution in [0.4, 0.5) is 5.13 Å². The van der Waals surface area contributed by atoms with E-state index in [2.05, 4.69) is 34.5 Å². The van der Waals surface area contributed by atoms with Gasteiger partial charge in [0.15, 0.2) is 15.8 Å². The minimum atomic E-state index is -1.02. The van der Waals surface area contributed by atoms with Gasteiger partial charge in [0.1, 0.15) is 24.2 Å². The van der Waals surface area contributed by atoms with Crippen molar-refractivity contribution >= 4 is 56.5 Å². The van der Waals surface area contributed by atoms with Crippen molar-refractivity contribution < 1.29 is 28.9 Å². The van der Waals surface area contributed by atoms with Crippen molar-refractivity contribution in [3.8, 4) is 17.2 Å². The number of hydrogen-bond donors (Lipinski definition) is 1. The number of fused-ring (bicyclic) bond motifs is 2. The molecular weight excluding hydrogens is 707 g/mol. The van der Waals surface area contributed by atoms with E-state index in [1.54, 1.807) is 30.3 Å². The van der Waals surface area contributed by atoms with E-state index in [1.807, 2.05) is 68.4 Å². The highest BCUT2D eigenvalue weighted by Crippen LogP contribution is 2.46. The fourth-order valence-electron chi connectivity index (χ4n) is 6.80. The number of rotatable bonds is 11. The first kappa shape index (κ1) is 34.4. The molecule has 0 unspecified atom stereocenters. The average molecular weight is 742 g/mol. The number of carbonyl (C=O) groups is 2. The molecule has 1 fully saturated rings. The van der Waals surface area contributed by atoms with Crippen molar-refractivity contribution in [2.45, 2.75) is 49.1 Å². The largest absolute Gasteiger partial charge is 0.507 e. The van der Waals surface area contributed by atoms with Gasteiger partial charge >= 0.3 is 5.91 Å². The first-order chi connectivity index (χ1) is 25.9. The molecule has 0 spiro atoms. The minimum absolute atomic E-state index is 0.00216. The number of amides is 1. The van der Waals surface area contributed by atoms with Crippen molar-refractivity contribution in [2.24, 2.45) is 0 Å². The van der Waals surface area contributed by atoms with Crippen molar-refractivity contribution in [2.75, 3.05) is 11.5 Å². The molecule has 0 saturated carbocycles. The molecule has 2 aliphatic rings. The zero-order valence-electron chi connectivity index (χ0n) is 29.0. The second kappa shape index (κ2) is 14.8. The van der Waals surface area contributed by atoms with Crippen molar-refractivity contribution in [1.29, 1.82) is 0 Å². The van der Waals surface area contributed by atoms with Crippen LogP contribution in [-0.4, -0.2) is 39.7 Å². The van der Waals surface area contributed by atoms with Crippen molar-refractivity contribution in [3.63, 3.8) is 0 Å². The van der Waals surface area contributed by atoms with Gasteiger partial charge in [0.05, 0.1) is 18.2 Å². The molecule has 266 valence electrons. The van der Waals surface area contributed by atoms with Gasteiger partial charge in [-0.15, -0.1) is 10.2 Å². The maximum absolute atomic E-state index is 14.0. The van der Waals surface area contributed by atoms with Gasteiger partial charge in [0.25, 0.3) is 5.78 Å². The molecule has 53 heavy (non-hydrogen) atoms. The number of nitrogens with zero attached hydrogens (tertiary/aromatic N) is 3. The second-order valence-corrected chi connectivity index (χ2v) is 15.0. The molecule has 11 heteroatoms. The molecule has 8 rings (SSSR count). The van der Waals surface area contributed by atoms with E-state index < -0.39 is 17.7 Å². The Morgan fingerprint density at radius 3 is 2.58 bits per heavy atom. The van der Waals surface area contributed by atoms with Gasteiger partial charge in [-0.25, -0.2) is 0 Å². The van der Waals surface area contributed by atoms with Gasteiger partial charge in [-0.3, -0.25) is 14.5 Å². The Bertz CT molecular complexity index is 2370. The third kappa shape index (κ3) is 6.85. The summed E-state index contributed by atoms with van der Waals surface area (Å²) in [5, 5.41) is 23.3.